The van der Waals surface area contributed by atoms with Gasteiger partial charge < -0.3 is 4.90 Å². The second-order valence-electron chi connectivity index (χ2n) is 3.98. The molecular formula is C11H11ClN4O2S. The Hall–Kier alpha value is -1.73. The fourth-order valence-electron chi connectivity index (χ4n) is 1.55. The third kappa shape index (κ3) is 3.18. The number of rotatable bonds is 4. The van der Waals surface area contributed by atoms with Gasteiger partial charge in [-0.25, -0.2) is 9.97 Å². The van der Waals surface area contributed by atoms with E-state index in [-0.39, 0.29) is 10.8 Å². The highest BCUT2D eigenvalue weighted by molar-refractivity contribution is 7.09. The highest BCUT2D eigenvalue weighted by Crippen LogP contribution is 2.24. The molecule has 2 rings (SSSR count). The van der Waals surface area contributed by atoms with E-state index in [2.05, 4.69) is 9.97 Å². The van der Waals surface area contributed by atoms with E-state index in [1.54, 1.807) is 10.4 Å². The predicted molar refractivity (Wildman–Crippen MR) is 74.9 cm³/mol. The number of thiazole rings is 1. The highest BCUT2D eigenvalue weighted by Gasteiger charge is 2.14. The molecule has 8 heteroatoms. The van der Waals surface area contributed by atoms with Gasteiger partial charge in [0.15, 0.2) is 0 Å². The number of nitro groups is 1. The van der Waals surface area contributed by atoms with Crippen molar-refractivity contribution in [3.63, 3.8) is 0 Å². The molecule has 2 aromatic rings. The summed E-state index contributed by atoms with van der Waals surface area (Å²) in [5, 5.41) is 10.9. The van der Waals surface area contributed by atoms with Gasteiger partial charge in [0.05, 0.1) is 34.8 Å². The first kappa shape index (κ1) is 13.7. The molecule has 0 N–H and O–H groups in total. The molecule has 0 bridgehead atoms. The molecule has 0 spiro atoms. The fourth-order valence-corrected chi connectivity index (χ4v) is 2.57. The predicted octanol–water partition coefficient (Wildman–Crippen LogP) is 3.04. The zero-order valence-electron chi connectivity index (χ0n) is 10.3. The number of halogens is 1. The lowest BCUT2D eigenvalue weighted by Gasteiger charge is -2.17. The summed E-state index contributed by atoms with van der Waals surface area (Å²) < 4.78 is 0. The van der Waals surface area contributed by atoms with E-state index < -0.39 is 4.92 Å². The lowest BCUT2D eigenvalue weighted by atomic mass is 10.3. The Morgan fingerprint density at radius 1 is 1.53 bits per heavy atom. The number of nitrogens with zero attached hydrogens (tertiary/aromatic N) is 4. The molecule has 0 saturated carbocycles. The van der Waals surface area contributed by atoms with E-state index in [1.165, 1.54) is 23.5 Å². The van der Waals surface area contributed by atoms with E-state index >= 15 is 0 Å². The number of aromatic nitrogens is 2. The van der Waals surface area contributed by atoms with E-state index in [1.807, 2.05) is 14.0 Å². The molecular weight excluding hydrogens is 288 g/mol. The van der Waals surface area contributed by atoms with Gasteiger partial charge in [0.2, 0.25) is 0 Å². The van der Waals surface area contributed by atoms with Crippen LogP contribution in [0.2, 0.25) is 5.15 Å². The largest absolute Gasteiger partial charge is 0.354 e. The third-order valence-electron chi connectivity index (χ3n) is 2.59. The summed E-state index contributed by atoms with van der Waals surface area (Å²) in [4.78, 5) is 21.5. The van der Waals surface area contributed by atoms with Crippen molar-refractivity contribution in [2.24, 2.45) is 0 Å². The maximum absolute atomic E-state index is 10.8. The SMILES string of the molecule is Cc1ncsc1CN(C)c1cc([N+](=O)[O-])cc(Cl)n1. The lowest BCUT2D eigenvalue weighted by Crippen LogP contribution is -2.17. The first-order valence-electron chi connectivity index (χ1n) is 5.39. The van der Waals surface area contributed by atoms with Gasteiger partial charge in [-0.3, -0.25) is 10.1 Å². The smallest absolute Gasteiger partial charge is 0.276 e. The second-order valence-corrected chi connectivity index (χ2v) is 5.31. The highest BCUT2D eigenvalue weighted by atomic mass is 35.5. The van der Waals surface area contributed by atoms with Crippen molar-refractivity contribution in [3.8, 4) is 0 Å². The molecule has 2 heterocycles. The minimum Gasteiger partial charge on any atom is -0.354 e. The Kier molecular flexibility index (Phi) is 3.96. The van der Waals surface area contributed by atoms with Crippen LogP contribution in [-0.4, -0.2) is 21.9 Å². The lowest BCUT2D eigenvalue weighted by molar-refractivity contribution is -0.384. The molecule has 100 valence electrons. The Morgan fingerprint density at radius 2 is 2.26 bits per heavy atom. The average molecular weight is 299 g/mol. The molecule has 0 aliphatic rings. The number of anilines is 1. The van der Waals surface area contributed by atoms with Gasteiger partial charge in [0, 0.05) is 11.9 Å². The van der Waals surface area contributed by atoms with Gasteiger partial charge in [0.1, 0.15) is 11.0 Å². The molecule has 0 saturated heterocycles. The van der Waals surface area contributed by atoms with E-state index in [4.69, 9.17) is 11.6 Å². The van der Waals surface area contributed by atoms with Crippen LogP contribution in [0.25, 0.3) is 0 Å². The number of pyridine rings is 1. The monoisotopic (exact) mass is 298 g/mol. The molecule has 0 unspecified atom stereocenters. The fraction of sp³-hybridized carbons (Fsp3) is 0.273. The zero-order chi connectivity index (χ0) is 14.0. The summed E-state index contributed by atoms with van der Waals surface area (Å²) in [7, 11) is 1.81. The van der Waals surface area contributed by atoms with E-state index in [9.17, 15) is 10.1 Å². The van der Waals surface area contributed by atoms with Crippen molar-refractivity contribution in [1.29, 1.82) is 0 Å². The van der Waals surface area contributed by atoms with Crippen molar-refractivity contribution in [2.75, 3.05) is 11.9 Å². The Morgan fingerprint density at radius 3 is 2.84 bits per heavy atom. The van der Waals surface area contributed by atoms with Crippen LogP contribution in [0.5, 0.6) is 0 Å². The summed E-state index contributed by atoms with van der Waals surface area (Å²) in [5.41, 5.74) is 2.66. The average Bonchev–Trinajstić information content (AvgIpc) is 2.74. The summed E-state index contributed by atoms with van der Waals surface area (Å²) in [6.45, 7) is 2.51. The normalized spacial score (nSPS) is 10.5. The van der Waals surface area contributed by atoms with Crippen LogP contribution in [0.15, 0.2) is 17.6 Å². The first-order chi connectivity index (χ1) is 8.97. The molecule has 0 radical (unpaired) electrons. The van der Waals surface area contributed by atoms with Gasteiger partial charge in [-0.15, -0.1) is 11.3 Å². The summed E-state index contributed by atoms with van der Waals surface area (Å²) in [6.07, 6.45) is 0. The van der Waals surface area contributed by atoms with Crippen molar-refractivity contribution in [3.05, 3.63) is 43.5 Å². The van der Waals surface area contributed by atoms with E-state index in [0.717, 1.165) is 10.6 Å². The van der Waals surface area contributed by atoms with Crippen LogP contribution < -0.4 is 4.90 Å². The molecule has 0 aliphatic heterocycles. The quantitative estimate of drug-likeness (QED) is 0.493. The Balaban J connectivity index is 2.26. The van der Waals surface area contributed by atoms with Gasteiger partial charge >= 0.3 is 0 Å². The molecule has 0 amide bonds. The second kappa shape index (κ2) is 5.50. The molecule has 6 nitrogen and oxygen atoms in total. The van der Waals surface area contributed by atoms with Crippen LogP contribution in [0.1, 0.15) is 10.6 Å². The summed E-state index contributed by atoms with van der Waals surface area (Å²) in [6, 6.07) is 2.64. The first-order valence-corrected chi connectivity index (χ1v) is 6.65. The van der Waals surface area contributed by atoms with Gasteiger partial charge in [-0.2, -0.15) is 0 Å². The van der Waals surface area contributed by atoms with Crippen LogP contribution in [-0.2, 0) is 6.54 Å². The van der Waals surface area contributed by atoms with Crippen molar-refractivity contribution < 1.29 is 4.92 Å². The van der Waals surface area contributed by atoms with Crippen LogP contribution in [0, 0.1) is 17.0 Å². The Bertz CT molecular complexity index is 616. The molecule has 0 atom stereocenters. The standard InChI is InChI=1S/C11H11ClN4O2S/c1-7-9(19-6-13-7)5-15(2)11-4-8(16(17)18)3-10(12)14-11/h3-4,6H,5H2,1-2H3. The van der Waals surface area contributed by atoms with Crippen molar-refractivity contribution >= 4 is 34.4 Å². The minimum atomic E-state index is -0.483. The molecule has 19 heavy (non-hydrogen) atoms. The molecule has 0 aromatic carbocycles. The van der Waals surface area contributed by atoms with Gasteiger partial charge in [-0.1, -0.05) is 11.6 Å². The Labute approximate surface area is 118 Å². The summed E-state index contributed by atoms with van der Waals surface area (Å²) >= 11 is 7.34. The van der Waals surface area contributed by atoms with Crippen LogP contribution >= 0.6 is 22.9 Å². The molecule has 0 aliphatic carbocycles. The maximum atomic E-state index is 10.8. The van der Waals surface area contributed by atoms with Gasteiger partial charge in [0.25, 0.3) is 5.69 Å². The van der Waals surface area contributed by atoms with Crippen molar-refractivity contribution in [2.45, 2.75) is 13.5 Å². The summed E-state index contributed by atoms with van der Waals surface area (Å²) in [5.74, 6) is 0.465. The van der Waals surface area contributed by atoms with E-state index in [0.29, 0.717) is 12.4 Å². The van der Waals surface area contributed by atoms with Gasteiger partial charge in [-0.05, 0) is 6.92 Å². The third-order valence-corrected chi connectivity index (χ3v) is 3.71. The maximum Gasteiger partial charge on any atom is 0.276 e. The minimum absolute atomic E-state index is 0.0668. The molecule has 0 fully saturated rings. The van der Waals surface area contributed by atoms with Crippen LogP contribution in [0.4, 0.5) is 11.5 Å². The molecule has 2 aromatic heterocycles. The van der Waals surface area contributed by atoms with Crippen molar-refractivity contribution in [1.82, 2.24) is 9.97 Å². The number of hydrogen-bond acceptors (Lipinski definition) is 6. The zero-order valence-corrected chi connectivity index (χ0v) is 11.9. The number of hydrogen-bond donors (Lipinski definition) is 0. The number of aryl methyl sites for hydroxylation is 1. The topological polar surface area (TPSA) is 72.2 Å². The van der Waals surface area contributed by atoms with Crippen LogP contribution in [0.3, 0.4) is 0 Å².